The molecule has 0 saturated heterocycles. The molecule has 1 rings (SSSR count). The summed E-state index contributed by atoms with van der Waals surface area (Å²) in [6.07, 6.45) is -0.695. The summed E-state index contributed by atoms with van der Waals surface area (Å²) in [4.78, 5) is 0. The number of anilines is 1. The number of benzene rings is 1. The van der Waals surface area contributed by atoms with Gasteiger partial charge in [0.15, 0.2) is 5.75 Å². The lowest BCUT2D eigenvalue weighted by Crippen LogP contribution is -2.20. The van der Waals surface area contributed by atoms with E-state index < -0.39 is 6.10 Å². The average molecular weight is 285 g/mol. The molecule has 3 N–H and O–H groups in total. The first-order valence-corrected chi connectivity index (χ1v) is 5.91. The first kappa shape index (κ1) is 13.7. The van der Waals surface area contributed by atoms with Crippen LogP contribution in [-0.2, 0) is 0 Å². The zero-order valence-corrected chi connectivity index (χ0v) is 10.9. The Kier molecular flexibility index (Phi) is 4.99. The van der Waals surface area contributed by atoms with Crippen molar-refractivity contribution in [2.24, 2.45) is 0 Å². The number of phenolic OH excluding ortho intramolecular Hbond substituents is 1. The summed E-state index contributed by atoms with van der Waals surface area (Å²) in [5, 5.41) is 22.5. The molecule has 16 heavy (non-hydrogen) atoms. The Bertz CT molecular complexity index is 385. The predicted octanol–water partition coefficient (Wildman–Crippen LogP) is 3.02. The van der Waals surface area contributed by atoms with Gasteiger partial charge < -0.3 is 15.5 Å². The number of phenols is 1. The smallest absolute Gasteiger partial charge is 0.157 e. The van der Waals surface area contributed by atoms with Crippen molar-refractivity contribution in [3.63, 3.8) is 0 Å². The van der Waals surface area contributed by atoms with Crippen LogP contribution in [-0.4, -0.2) is 28.7 Å². The van der Waals surface area contributed by atoms with Gasteiger partial charge in [0.1, 0.15) is 0 Å². The molecule has 1 unspecified atom stereocenters. The van der Waals surface area contributed by atoms with Crippen LogP contribution in [0.1, 0.15) is 5.56 Å². The van der Waals surface area contributed by atoms with Gasteiger partial charge in [-0.15, -0.1) is 11.6 Å². The minimum absolute atomic E-state index is 0.0784. The number of hydrogen-bond donors (Lipinski definition) is 3. The van der Waals surface area contributed by atoms with Gasteiger partial charge in [-0.3, -0.25) is 0 Å². The van der Waals surface area contributed by atoms with Crippen molar-refractivity contribution in [1.29, 1.82) is 0 Å². The van der Waals surface area contributed by atoms with Crippen LogP contribution in [0.3, 0.4) is 0 Å². The standard InChI is InChI=1S/C10H12Cl3NO2/c1-5-7(12)2-8(10(16)9(5)13)14-4-6(15)3-11/h2,6,14-16H,3-4H2,1H3. The van der Waals surface area contributed by atoms with Gasteiger partial charge >= 0.3 is 0 Å². The third-order valence-corrected chi connectivity index (χ3v) is 3.34. The van der Waals surface area contributed by atoms with E-state index >= 15 is 0 Å². The van der Waals surface area contributed by atoms with Crippen LogP contribution in [0.25, 0.3) is 0 Å². The third-order valence-electron chi connectivity index (χ3n) is 2.13. The quantitative estimate of drug-likeness (QED) is 0.588. The minimum Gasteiger partial charge on any atom is -0.504 e. The topological polar surface area (TPSA) is 52.5 Å². The average Bonchev–Trinajstić information content (AvgIpc) is 2.28. The Hall–Kier alpha value is -0.350. The molecule has 1 atom stereocenters. The fraction of sp³-hybridized carbons (Fsp3) is 0.400. The lowest BCUT2D eigenvalue weighted by Gasteiger charge is -2.14. The molecule has 1 aromatic rings. The molecule has 0 saturated carbocycles. The highest BCUT2D eigenvalue weighted by Crippen LogP contribution is 2.38. The van der Waals surface area contributed by atoms with Crippen molar-refractivity contribution in [3.05, 3.63) is 21.7 Å². The Morgan fingerprint density at radius 3 is 2.62 bits per heavy atom. The Labute approximate surface area is 109 Å². The van der Waals surface area contributed by atoms with E-state index in [0.29, 0.717) is 16.3 Å². The molecule has 0 spiro atoms. The number of alkyl halides is 1. The maximum Gasteiger partial charge on any atom is 0.157 e. The van der Waals surface area contributed by atoms with E-state index in [9.17, 15) is 10.2 Å². The van der Waals surface area contributed by atoms with E-state index in [1.807, 2.05) is 0 Å². The molecule has 0 fully saturated rings. The van der Waals surface area contributed by atoms with Crippen molar-refractivity contribution < 1.29 is 10.2 Å². The number of aliphatic hydroxyl groups excluding tert-OH is 1. The monoisotopic (exact) mass is 283 g/mol. The molecule has 0 radical (unpaired) electrons. The zero-order chi connectivity index (χ0) is 12.3. The van der Waals surface area contributed by atoms with Gasteiger partial charge in [-0.05, 0) is 18.6 Å². The highest BCUT2D eigenvalue weighted by molar-refractivity contribution is 6.37. The highest BCUT2D eigenvalue weighted by atomic mass is 35.5. The third kappa shape index (κ3) is 3.08. The Balaban J connectivity index is 2.89. The number of hydrogen-bond acceptors (Lipinski definition) is 3. The summed E-state index contributed by atoms with van der Waals surface area (Å²) in [6.45, 7) is 1.93. The van der Waals surface area contributed by atoms with E-state index in [1.165, 1.54) is 0 Å². The van der Waals surface area contributed by atoms with E-state index in [2.05, 4.69) is 5.32 Å². The largest absolute Gasteiger partial charge is 0.504 e. The van der Waals surface area contributed by atoms with Crippen molar-refractivity contribution >= 4 is 40.5 Å². The van der Waals surface area contributed by atoms with Crippen LogP contribution < -0.4 is 5.32 Å². The second kappa shape index (κ2) is 5.82. The second-order valence-corrected chi connectivity index (χ2v) is 4.48. The van der Waals surface area contributed by atoms with Crippen LogP contribution in [0.4, 0.5) is 5.69 Å². The molecule has 0 heterocycles. The van der Waals surface area contributed by atoms with Gasteiger partial charge in [-0.25, -0.2) is 0 Å². The van der Waals surface area contributed by atoms with Crippen LogP contribution in [0.2, 0.25) is 10.0 Å². The molecule has 0 aromatic heterocycles. The number of aliphatic hydroxyl groups is 1. The van der Waals surface area contributed by atoms with E-state index in [4.69, 9.17) is 34.8 Å². The van der Waals surface area contributed by atoms with Crippen molar-refractivity contribution in [2.45, 2.75) is 13.0 Å². The van der Waals surface area contributed by atoms with Crippen LogP contribution in [0.5, 0.6) is 5.75 Å². The van der Waals surface area contributed by atoms with E-state index in [0.717, 1.165) is 0 Å². The lowest BCUT2D eigenvalue weighted by atomic mass is 10.2. The summed E-state index contributed by atoms with van der Waals surface area (Å²) < 4.78 is 0. The Morgan fingerprint density at radius 1 is 1.44 bits per heavy atom. The van der Waals surface area contributed by atoms with Gasteiger partial charge in [0.25, 0.3) is 0 Å². The first-order valence-electron chi connectivity index (χ1n) is 4.62. The van der Waals surface area contributed by atoms with E-state index in [1.54, 1.807) is 13.0 Å². The molecule has 3 nitrogen and oxygen atoms in total. The number of rotatable bonds is 4. The molecular weight excluding hydrogens is 272 g/mol. The molecule has 90 valence electrons. The van der Waals surface area contributed by atoms with Crippen molar-refractivity contribution in [2.75, 3.05) is 17.7 Å². The summed E-state index contributed by atoms with van der Waals surface area (Å²) in [5.74, 6) is 0.0338. The van der Waals surface area contributed by atoms with Gasteiger partial charge in [-0.2, -0.15) is 0 Å². The molecular formula is C10H12Cl3NO2. The number of halogens is 3. The van der Waals surface area contributed by atoms with Crippen molar-refractivity contribution in [3.8, 4) is 5.75 Å². The summed E-state index contributed by atoms with van der Waals surface area (Å²) in [5.41, 5.74) is 0.994. The molecule has 0 aliphatic carbocycles. The Morgan fingerprint density at radius 2 is 2.06 bits per heavy atom. The lowest BCUT2D eigenvalue weighted by molar-refractivity contribution is 0.211. The van der Waals surface area contributed by atoms with Gasteiger partial charge in [0, 0.05) is 11.6 Å². The number of nitrogens with one attached hydrogen (secondary N) is 1. The normalized spacial score (nSPS) is 12.6. The zero-order valence-electron chi connectivity index (χ0n) is 8.60. The van der Waals surface area contributed by atoms with Crippen molar-refractivity contribution in [1.82, 2.24) is 0 Å². The van der Waals surface area contributed by atoms with Crippen LogP contribution in [0.15, 0.2) is 6.07 Å². The molecule has 6 heteroatoms. The maximum atomic E-state index is 9.72. The molecule has 0 aliphatic heterocycles. The minimum atomic E-state index is -0.695. The van der Waals surface area contributed by atoms with E-state index in [-0.39, 0.29) is 23.2 Å². The summed E-state index contributed by atoms with van der Waals surface area (Å²) in [7, 11) is 0. The molecule has 0 bridgehead atoms. The maximum absolute atomic E-state index is 9.72. The summed E-state index contributed by atoms with van der Waals surface area (Å²) >= 11 is 17.2. The summed E-state index contributed by atoms with van der Waals surface area (Å²) in [6, 6.07) is 1.55. The van der Waals surface area contributed by atoms with Crippen LogP contribution >= 0.6 is 34.8 Å². The van der Waals surface area contributed by atoms with Crippen LogP contribution in [0, 0.1) is 6.92 Å². The molecule has 0 aliphatic rings. The first-order chi connectivity index (χ1) is 7.47. The van der Waals surface area contributed by atoms with Gasteiger partial charge in [-0.1, -0.05) is 23.2 Å². The predicted molar refractivity (Wildman–Crippen MR) is 68.1 cm³/mol. The van der Waals surface area contributed by atoms with Gasteiger partial charge in [0.05, 0.1) is 22.7 Å². The SMILES string of the molecule is Cc1c(Cl)cc(NCC(O)CCl)c(O)c1Cl. The second-order valence-electron chi connectivity index (χ2n) is 3.38. The fourth-order valence-electron chi connectivity index (χ4n) is 1.12. The molecule has 1 aromatic carbocycles. The fourth-order valence-corrected chi connectivity index (χ4v) is 1.69. The van der Waals surface area contributed by atoms with Gasteiger partial charge in [0.2, 0.25) is 0 Å². The molecule has 0 amide bonds. The number of aromatic hydroxyl groups is 1. The highest BCUT2D eigenvalue weighted by Gasteiger charge is 2.13.